The van der Waals surface area contributed by atoms with E-state index in [1.54, 1.807) is 0 Å². The smallest absolute Gasteiger partial charge is 0.244 e. The zero-order chi connectivity index (χ0) is 17.3. The number of guanidine groups is 1. The predicted molar refractivity (Wildman–Crippen MR) is 97.5 cm³/mol. The van der Waals surface area contributed by atoms with Crippen LogP contribution in [0.3, 0.4) is 0 Å². The van der Waals surface area contributed by atoms with Crippen molar-refractivity contribution in [2.75, 3.05) is 32.8 Å². The van der Waals surface area contributed by atoms with Gasteiger partial charge in [-0.25, -0.2) is 4.99 Å². The summed E-state index contributed by atoms with van der Waals surface area (Å²) in [5.41, 5.74) is 0.302. The van der Waals surface area contributed by atoms with E-state index in [1.807, 2.05) is 4.90 Å². The Labute approximate surface area is 150 Å². The van der Waals surface area contributed by atoms with Gasteiger partial charge in [-0.15, -0.1) is 0 Å². The maximum Gasteiger partial charge on any atom is 0.244 e. The summed E-state index contributed by atoms with van der Waals surface area (Å²) in [7, 11) is 0. The summed E-state index contributed by atoms with van der Waals surface area (Å²) in [5, 5.41) is 7.03. The number of fused-ring (bicyclic) bond motifs is 2. The van der Waals surface area contributed by atoms with E-state index in [0.717, 1.165) is 51.5 Å². The lowest BCUT2D eigenvalue weighted by Crippen LogP contribution is -2.69. The number of amides is 1. The molecule has 4 aliphatic rings. The number of carbonyl (C=O) groups is 1. The minimum absolute atomic E-state index is 0.154. The minimum Gasteiger partial charge on any atom is -0.377 e. The fourth-order valence-electron chi connectivity index (χ4n) is 5.58. The molecule has 1 spiro atoms. The van der Waals surface area contributed by atoms with Gasteiger partial charge >= 0.3 is 0 Å². The van der Waals surface area contributed by atoms with Gasteiger partial charge in [0.15, 0.2) is 5.96 Å². The third kappa shape index (κ3) is 3.03. The predicted octanol–water partition coefficient (Wildman–Crippen LogP) is 1.51. The third-order valence-electron chi connectivity index (χ3n) is 6.75. The van der Waals surface area contributed by atoms with Crippen LogP contribution in [0.4, 0.5) is 0 Å². The van der Waals surface area contributed by atoms with Crippen LogP contribution in [0.2, 0.25) is 0 Å². The van der Waals surface area contributed by atoms with E-state index in [9.17, 15) is 4.79 Å². The van der Waals surface area contributed by atoms with E-state index in [1.165, 1.54) is 25.7 Å². The van der Waals surface area contributed by atoms with Gasteiger partial charge in [0.1, 0.15) is 6.54 Å². The zero-order valence-electron chi connectivity index (χ0n) is 15.4. The van der Waals surface area contributed by atoms with Crippen LogP contribution in [0.5, 0.6) is 0 Å². The number of likely N-dealkylation sites (tertiary alicyclic amines) is 1. The number of aliphatic imine (C=N–C) groups is 1. The van der Waals surface area contributed by atoms with E-state index < -0.39 is 0 Å². The monoisotopic (exact) mass is 348 g/mol. The molecule has 2 saturated heterocycles. The van der Waals surface area contributed by atoms with Crippen molar-refractivity contribution in [1.82, 2.24) is 15.5 Å². The first-order valence-electron chi connectivity index (χ1n) is 10.2. The molecule has 6 heteroatoms. The van der Waals surface area contributed by atoms with Gasteiger partial charge < -0.3 is 20.3 Å². The number of nitrogens with zero attached hydrogens (tertiary/aromatic N) is 2. The molecule has 2 heterocycles. The second kappa shape index (κ2) is 7.14. The quantitative estimate of drug-likeness (QED) is 0.597. The Bertz CT molecular complexity index is 524. The largest absolute Gasteiger partial charge is 0.377 e. The van der Waals surface area contributed by atoms with Crippen molar-refractivity contribution in [2.24, 2.45) is 16.3 Å². The number of ether oxygens (including phenoxy) is 1. The number of hydrogen-bond acceptors (Lipinski definition) is 3. The van der Waals surface area contributed by atoms with Crippen molar-refractivity contribution in [2.45, 2.75) is 64.0 Å². The molecule has 4 fully saturated rings. The fourth-order valence-corrected chi connectivity index (χ4v) is 5.58. The van der Waals surface area contributed by atoms with Crippen molar-refractivity contribution in [3.8, 4) is 0 Å². The van der Waals surface area contributed by atoms with Crippen LogP contribution in [0.25, 0.3) is 0 Å². The highest BCUT2D eigenvalue weighted by atomic mass is 16.5. The Hall–Kier alpha value is -1.30. The maximum absolute atomic E-state index is 12.3. The van der Waals surface area contributed by atoms with E-state index in [-0.39, 0.29) is 12.5 Å². The highest BCUT2D eigenvalue weighted by Crippen LogP contribution is 2.60. The molecular weight excluding hydrogens is 316 g/mol. The Balaban J connectivity index is 1.42. The molecule has 0 aromatic carbocycles. The summed E-state index contributed by atoms with van der Waals surface area (Å²) >= 11 is 0. The first kappa shape index (κ1) is 17.1. The first-order chi connectivity index (χ1) is 12.2. The lowest BCUT2D eigenvalue weighted by Gasteiger charge is -2.57. The Morgan fingerprint density at radius 2 is 2.00 bits per heavy atom. The number of rotatable bonds is 4. The van der Waals surface area contributed by atoms with E-state index in [2.05, 4.69) is 22.5 Å². The second-order valence-corrected chi connectivity index (χ2v) is 8.09. The number of nitrogens with one attached hydrogen (secondary N) is 2. The molecule has 0 bridgehead atoms. The van der Waals surface area contributed by atoms with E-state index >= 15 is 0 Å². The van der Waals surface area contributed by atoms with Crippen molar-refractivity contribution in [3.63, 3.8) is 0 Å². The summed E-state index contributed by atoms with van der Waals surface area (Å²) in [4.78, 5) is 18.9. The van der Waals surface area contributed by atoms with Gasteiger partial charge in [0, 0.05) is 43.6 Å². The van der Waals surface area contributed by atoms with Crippen LogP contribution in [0, 0.1) is 11.3 Å². The Morgan fingerprint density at radius 3 is 2.72 bits per heavy atom. The van der Waals surface area contributed by atoms with Crippen molar-refractivity contribution >= 4 is 11.9 Å². The molecule has 3 atom stereocenters. The Morgan fingerprint density at radius 1 is 1.24 bits per heavy atom. The normalized spacial score (nSPS) is 33.4. The molecule has 2 saturated carbocycles. The standard InChI is InChI=1S/C19H32N4O2/c1-2-20-18(21-13-15(24)23-10-5-6-11-23)22-16-14-7-12-25-17(14)19(16)8-3-4-9-19/h14,16-17H,2-13H2,1H3,(H2,20,21,22). The van der Waals surface area contributed by atoms with Crippen LogP contribution < -0.4 is 10.6 Å². The number of hydrogen-bond donors (Lipinski definition) is 2. The minimum atomic E-state index is 0.154. The zero-order valence-corrected chi connectivity index (χ0v) is 15.4. The molecule has 2 N–H and O–H groups in total. The average molecular weight is 348 g/mol. The van der Waals surface area contributed by atoms with Gasteiger partial charge in [0.25, 0.3) is 0 Å². The highest BCUT2D eigenvalue weighted by Gasteiger charge is 2.65. The SMILES string of the molecule is CCNC(=NCC(=O)N1CCCC1)NC1C2CCOC2C12CCCC2. The van der Waals surface area contributed by atoms with Crippen LogP contribution in [-0.2, 0) is 9.53 Å². The summed E-state index contributed by atoms with van der Waals surface area (Å²) in [6.45, 7) is 5.83. The topological polar surface area (TPSA) is 66.0 Å². The van der Waals surface area contributed by atoms with Crippen LogP contribution in [0.15, 0.2) is 4.99 Å². The molecule has 25 heavy (non-hydrogen) atoms. The molecule has 140 valence electrons. The molecule has 6 nitrogen and oxygen atoms in total. The van der Waals surface area contributed by atoms with Crippen LogP contribution in [0.1, 0.15) is 51.9 Å². The molecule has 0 aromatic heterocycles. The summed E-state index contributed by atoms with van der Waals surface area (Å²) in [6.07, 6.45) is 8.99. The molecule has 0 aromatic rings. The summed E-state index contributed by atoms with van der Waals surface area (Å²) in [6, 6.07) is 0.446. The van der Waals surface area contributed by atoms with Crippen LogP contribution in [-0.4, -0.2) is 61.7 Å². The maximum atomic E-state index is 12.3. The fraction of sp³-hybridized carbons (Fsp3) is 0.895. The Kier molecular flexibility index (Phi) is 4.89. The van der Waals surface area contributed by atoms with E-state index in [0.29, 0.717) is 23.5 Å². The molecule has 3 unspecified atom stereocenters. The van der Waals surface area contributed by atoms with Gasteiger partial charge in [-0.3, -0.25) is 4.79 Å². The summed E-state index contributed by atoms with van der Waals surface area (Å²) in [5.74, 6) is 1.56. The first-order valence-corrected chi connectivity index (χ1v) is 10.2. The van der Waals surface area contributed by atoms with Gasteiger partial charge in [0.2, 0.25) is 5.91 Å². The lowest BCUT2D eigenvalue weighted by atomic mass is 9.54. The van der Waals surface area contributed by atoms with Gasteiger partial charge in [-0.05, 0) is 39.0 Å². The molecule has 1 amide bonds. The molecule has 2 aliphatic heterocycles. The third-order valence-corrected chi connectivity index (χ3v) is 6.75. The van der Waals surface area contributed by atoms with Crippen molar-refractivity contribution in [3.05, 3.63) is 0 Å². The number of carbonyl (C=O) groups excluding carboxylic acids is 1. The van der Waals surface area contributed by atoms with Crippen molar-refractivity contribution in [1.29, 1.82) is 0 Å². The lowest BCUT2D eigenvalue weighted by molar-refractivity contribution is -0.128. The molecule has 2 aliphatic carbocycles. The molecule has 0 radical (unpaired) electrons. The van der Waals surface area contributed by atoms with Gasteiger partial charge in [0.05, 0.1) is 6.10 Å². The van der Waals surface area contributed by atoms with Gasteiger partial charge in [-0.1, -0.05) is 12.8 Å². The molecule has 4 rings (SSSR count). The average Bonchev–Trinajstić information content (AvgIpc) is 3.37. The highest BCUT2D eigenvalue weighted by molar-refractivity contribution is 5.85. The van der Waals surface area contributed by atoms with Crippen LogP contribution >= 0.6 is 0 Å². The van der Waals surface area contributed by atoms with Gasteiger partial charge in [-0.2, -0.15) is 0 Å². The van der Waals surface area contributed by atoms with Crippen molar-refractivity contribution < 1.29 is 9.53 Å². The van der Waals surface area contributed by atoms with E-state index in [4.69, 9.17) is 4.74 Å². The summed E-state index contributed by atoms with van der Waals surface area (Å²) < 4.78 is 6.07. The second-order valence-electron chi connectivity index (χ2n) is 8.09. The molecular formula is C19H32N4O2.